The number of ether oxygens (including phenoxy) is 3. The van der Waals surface area contributed by atoms with Gasteiger partial charge in [-0.2, -0.15) is 0 Å². The summed E-state index contributed by atoms with van der Waals surface area (Å²) in [5.74, 6) is -0.208. The molecule has 0 aromatic heterocycles. The van der Waals surface area contributed by atoms with E-state index < -0.39 is 12.1 Å². The topological polar surface area (TPSA) is 118 Å². The molecule has 10 nitrogen and oxygen atoms in total. The molecule has 41 heavy (non-hydrogen) atoms. The normalized spacial score (nSPS) is 16.1. The summed E-state index contributed by atoms with van der Waals surface area (Å²) in [6, 6.07) is 20.6. The van der Waals surface area contributed by atoms with Crippen molar-refractivity contribution in [1.29, 1.82) is 0 Å². The largest absolute Gasteiger partial charge is 0.490 e. The van der Waals surface area contributed by atoms with Crippen LogP contribution >= 0.6 is 0 Å². The van der Waals surface area contributed by atoms with E-state index in [1.165, 1.54) is 12.1 Å². The third-order valence-corrected chi connectivity index (χ3v) is 7.15. The number of carboxylic acids is 1. The molecule has 2 saturated heterocycles. The van der Waals surface area contributed by atoms with Crippen molar-refractivity contribution in [2.45, 2.75) is 25.5 Å². The Kier molecular flexibility index (Phi) is 9.12. The van der Waals surface area contributed by atoms with Crippen molar-refractivity contribution >= 4 is 23.7 Å². The predicted molar refractivity (Wildman–Crippen MR) is 152 cm³/mol. The SMILES string of the molecule is O=C(O)c1ccc(OC2CCN(C(=O)Oc3ccc(NC(=O)c4ccc(CN5CCOCC5)cc4)cc3)CC2)cc1. The second kappa shape index (κ2) is 13.3. The van der Waals surface area contributed by atoms with Gasteiger partial charge < -0.3 is 29.5 Å². The Bertz CT molecular complexity index is 1330. The molecule has 0 atom stereocenters. The van der Waals surface area contributed by atoms with Crippen molar-refractivity contribution < 1.29 is 33.7 Å². The number of hydrogen-bond acceptors (Lipinski definition) is 7. The van der Waals surface area contributed by atoms with Crippen LogP contribution in [0.1, 0.15) is 39.1 Å². The standard InChI is InChI=1S/C31H33N3O7/c35-29(23-3-1-22(2-4-23)21-33-17-19-39-20-18-33)32-25-7-11-27(12-8-25)41-31(38)34-15-13-28(14-16-34)40-26-9-5-24(6-10-26)30(36)37/h1-12,28H,13-21H2,(H,32,35)(H,36,37). The van der Waals surface area contributed by atoms with Crippen LogP contribution in [0, 0.1) is 0 Å². The monoisotopic (exact) mass is 559 g/mol. The summed E-state index contributed by atoms with van der Waals surface area (Å²) in [5.41, 5.74) is 2.52. The first-order valence-corrected chi connectivity index (χ1v) is 13.7. The van der Waals surface area contributed by atoms with Crippen LogP contribution in [-0.2, 0) is 11.3 Å². The first-order chi connectivity index (χ1) is 19.9. The molecule has 2 amide bonds. The smallest absolute Gasteiger partial charge is 0.415 e. The molecule has 2 fully saturated rings. The molecule has 214 valence electrons. The average molecular weight is 560 g/mol. The Labute approximate surface area is 238 Å². The molecule has 0 saturated carbocycles. The Balaban J connectivity index is 1.05. The van der Waals surface area contributed by atoms with E-state index in [0.717, 1.165) is 38.4 Å². The van der Waals surface area contributed by atoms with Crippen molar-refractivity contribution in [1.82, 2.24) is 9.80 Å². The number of hydrogen-bond donors (Lipinski definition) is 2. The molecule has 3 aromatic carbocycles. The average Bonchev–Trinajstić information content (AvgIpc) is 2.99. The molecular formula is C31H33N3O7. The first kappa shape index (κ1) is 28.1. The number of nitrogens with zero attached hydrogens (tertiary/aromatic N) is 2. The van der Waals surface area contributed by atoms with E-state index in [0.29, 0.717) is 48.7 Å². The van der Waals surface area contributed by atoms with E-state index in [1.54, 1.807) is 41.3 Å². The highest BCUT2D eigenvalue weighted by atomic mass is 16.6. The Morgan fingerprint density at radius 2 is 1.41 bits per heavy atom. The molecule has 2 N–H and O–H groups in total. The van der Waals surface area contributed by atoms with Gasteiger partial charge in [0.1, 0.15) is 17.6 Å². The summed E-state index contributed by atoms with van der Waals surface area (Å²) in [4.78, 5) is 40.3. The molecule has 2 aliphatic heterocycles. The number of carboxylic acid groups (broad SMARTS) is 1. The number of morpholine rings is 1. The Hall–Kier alpha value is -4.41. The lowest BCUT2D eigenvalue weighted by Gasteiger charge is -2.31. The number of benzene rings is 3. The summed E-state index contributed by atoms with van der Waals surface area (Å²) in [7, 11) is 0. The summed E-state index contributed by atoms with van der Waals surface area (Å²) in [6.07, 6.45) is 0.756. The Morgan fingerprint density at radius 3 is 2.05 bits per heavy atom. The zero-order chi connectivity index (χ0) is 28.6. The molecule has 0 spiro atoms. The predicted octanol–water partition coefficient (Wildman–Crippen LogP) is 4.51. The molecule has 10 heteroatoms. The van der Waals surface area contributed by atoms with Gasteiger partial charge in [-0.05, 0) is 66.2 Å². The van der Waals surface area contributed by atoms with E-state index in [2.05, 4.69) is 10.2 Å². The van der Waals surface area contributed by atoms with Crippen molar-refractivity contribution in [3.63, 3.8) is 0 Å². The second-order valence-corrected chi connectivity index (χ2v) is 10.1. The van der Waals surface area contributed by atoms with Gasteiger partial charge >= 0.3 is 12.1 Å². The highest BCUT2D eigenvalue weighted by Gasteiger charge is 2.25. The molecule has 3 aromatic rings. The third kappa shape index (κ3) is 7.84. The number of anilines is 1. The van der Waals surface area contributed by atoms with E-state index in [4.69, 9.17) is 19.3 Å². The van der Waals surface area contributed by atoms with Gasteiger partial charge in [0.2, 0.25) is 0 Å². The maximum absolute atomic E-state index is 12.7. The van der Waals surface area contributed by atoms with Gasteiger partial charge in [-0.15, -0.1) is 0 Å². The van der Waals surface area contributed by atoms with E-state index in [9.17, 15) is 14.4 Å². The first-order valence-electron chi connectivity index (χ1n) is 13.7. The summed E-state index contributed by atoms with van der Waals surface area (Å²) in [5, 5.41) is 11.9. The van der Waals surface area contributed by atoms with Crippen LogP contribution in [-0.4, -0.2) is 78.4 Å². The van der Waals surface area contributed by atoms with E-state index in [-0.39, 0.29) is 17.6 Å². The molecule has 2 heterocycles. The number of piperidine rings is 1. The third-order valence-electron chi connectivity index (χ3n) is 7.15. The van der Waals surface area contributed by atoms with E-state index >= 15 is 0 Å². The van der Waals surface area contributed by atoms with Crippen LogP contribution in [0.5, 0.6) is 11.5 Å². The van der Waals surface area contributed by atoms with Crippen molar-refractivity contribution in [3.8, 4) is 11.5 Å². The molecule has 5 rings (SSSR count). The van der Waals surface area contributed by atoms with Crippen LogP contribution in [0.15, 0.2) is 72.8 Å². The van der Waals surface area contributed by atoms with Gasteiger partial charge in [0, 0.05) is 56.8 Å². The quantitative estimate of drug-likeness (QED) is 0.414. The lowest BCUT2D eigenvalue weighted by molar-refractivity contribution is 0.0342. The summed E-state index contributed by atoms with van der Waals surface area (Å²) in [6.45, 7) is 5.13. The number of likely N-dealkylation sites (tertiary alicyclic amines) is 1. The van der Waals surface area contributed by atoms with Crippen LogP contribution in [0.25, 0.3) is 0 Å². The van der Waals surface area contributed by atoms with Gasteiger partial charge in [-0.3, -0.25) is 9.69 Å². The fraction of sp³-hybridized carbons (Fsp3) is 0.323. The molecule has 2 aliphatic rings. The number of nitrogens with one attached hydrogen (secondary N) is 1. The molecule has 0 unspecified atom stereocenters. The number of carbonyl (C=O) groups is 3. The Morgan fingerprint density at radius 1 is 0.805 bits per heavy atom. The second-order valence-electron chi connectivity index (χ2n) is 10.1. The molecular weight excluding hydrogens is 526 g/mol. The number of amides is 2. The van der Waals surface area contributed by atoms with Crippen LogP contribution in [0.3, 0.4) is 0 Å². The highest BCUT2D eigenvalue weighted by molar-refractivity contribution is 6.04. The maximum Gasteiger partial charge on any atom is 0.415 e. The lowest BCUT2D eigenvalue weighted by Crippen LogP contribution is -2.43. The minimum Gasteiger partial charge on any atom is -0.490 e. The van der Waals surface area contributed by atoms with Crippen molar-refractivity contribution in [3.05, 3.63) is 89.5 Å². The number of rotatable bonds is 8. The summed E-state index contributed by atoms with van der Waals surface area (Å²) >= 11 is 0. The van der Waals surface area contributed by atoms with Crippen LogP contribution in [0.4, 0.5) is 10.5 Å². The minimum absolute atomic E-state index is 0.0707. The molecule has 0 bridgehead atoms. The molecule has 0 radical (unpaired) electrons. The van der Waals surface area contributed by atoms with Gasteiger partial charge in [0.15, 0.2) is 0 Å². The number of aromatic carboxylic acids is 1. The van der Waals surface area contributed by atoms with Gasteiger partial charge in [0.25, 0.3) is 5.91 Å². The summed E-state index contributed by atoms with van der Waals surface area (Å²) < 4.78 is 16.9. The van der Waals surface area contributed by atoms with Crippen molar-refractivity contribution in [2.24, 2.45) is 0 Å². The minimum atomic E-state index is -0.983. The van der Waals surface area contributed by atoms with E-state index in [1.807, 2.05) is 24.3 Å². The zero-order valence-corrected chi connectivity index (χ0v) is 22.7. The fourth-order valence-corrected chi connectivity index (χ4v) is 4.78. The fourth-order valence-electron chi connectivity index (χ4n) is 4.78. The van der Waals surface area contributed by atoms with Gasteiger partial charge in [-0.25, -0.2) is 9.59 Å². The maximum atomic E-state index is 12.7. The van der Waals surface area contributed by atoms with Gasteiger partial charge in [-0.1, -0.05) is 12.1 Å². The number of carbonyl (C=O) groups excluding carboxylic acids is 2. The van der Waals surface area contributed by atoms with Crippen LogP contribution in [0.2, 0.25) is 0 Å². The van der Waals surface area contributed by atoms with Crippen LogP contribution < -0.4 is 14.8 Å². The van der Waals surface area contributed by atoms with Gasteiger partial charge in [0.05, 0.1) is 18.8 Å². The lowest BCUT2D eigenvalue weighted by atomic mass is 10.1. The van der Waals surface area contributed by atoms with Crippen molar-refractivity contribution in [2.75, 3.05) is 44.7 Å². The molecule has 0 aliphatic carbocycles. The highest BCUT2D eigenvalue weighted by Crippen LogP contribution is 2.22. The zero-order valence-electron chi connectivity index (χ0n) is 22.7.